The van der Waals surface area contributed by atoms with E-state index in [1.807, 2.05) is 0 Å². The van der Waals surface area contributed by atoms with Crippen LogP contribution in [-0.4, -0.2) is 0 Å². The van der Waals surface area contributed by atoms with Crippen molar-refractivity contribution >= 4 is 58.4 Å². The van der Waals surface area contributed by atoms with Gasteiger partial charge >= 0.3 is 0 Å². The van der Waals surface area contributed by atoms with Gasteiger partial charge in [-0.3, -0.25) is 0 Å². The molecule has 0 aromatic heterocycles. The molecule has 0 unspecified atom stereocenters. The second kappa shape index (κ2) is 21.5. The second-order valence-corrected chi connectivity index (χ2v) is 22.7. The zero-order valence-corrected chi connectivity index (χ0v) is 44.2. The highest BCUT2D eigenvalue weighted by atomic mass is 15.1. The highest BCUT2D eigenvalue weighted by Gasteiger charge is 2.21. The van der Waals surface area contributed by atoms with Crippen LogP contribution in [0.2, 0.25) is 0 Å². The van der Waals surface area contributed by atoms with Crippen LogP contribution in [-0.2, 0) is 29.1 Å². The van der Waals surface area contributed by atoms with Crippen molar-refractivity contribution in [2.24, 2.45) is 0 Å². The standard InChI is InChI=1S/C69H74N2/c1-50(2)57-42-55(43-58(48-57)67(3,4)5)32-30-53-20-18-26-65(46-53)70(61-22-14-12-15-23-61)63-38-34-51(35-39-63)28-29-52-36-40-64(41-37-52)71(62-24-16-13-17-25-62)66-27-19-21-54(47-66)31-33-56-44-59(68(6,7)8)49-60(45-56)69(9,10)11/h12-29,31,33-50H,30,32H2,1-11H3/b29-28+,33-31+. The molecule has 0 heterocycles. The van der Waals surface area contributed by atoms with Gasteiger partial charge < -0.3 is 9.80 Å². The molecule has 2 nitrogen and oxygen atoms in total. The molecule has 2 heteroatoms. The summed E-state index contributed by atoms with van der Waals surface area (Å²) in [5.74, 6) is 0.499. The Morgan fingerprint density at radius 3 is 1.23 bits per heavy atom. The third-order valence-electron chi connectivity index (χ3n) is 13.5. The first-order valence-corrected chi connectivity index (χ1v) is 25.6. The molecule has 0 spiro atoms. The third-order valence-corrected chi connectivity index (χ3v) is 13.5. The normalized spacial score (nSPS) is 12.3. The van der Waals surface area contributed by atoms with E-state index in [4.69, 9.17) is 0 Å². The first kappa shape index (κ1) is 50.2. The maximum absolute atomic E-state index is 2.42. The molecule has 0 saturated heterocycles. The molecule has 0 bridgehead atoms. The SMILES string of the molecule is CC(C)c1cc(CCc2cccc(N(c3ccccc3)c3ccc(/C=C/c4ccc(N(c5ccccc5)c5cccc(/C=C/c6cc(C(C)(C)C)cc(C(C)(C)C)c6)c5)cc4)cc3)c2)cc(C(C)(C)C)c1. The van der Waals surface area contributed by atoms with Gasteiger partial charge in [-0.1, -0.05) is 222 Å². The quantitative estimate of drug-likeness (QED) is 0.100. The molecule has 0 radical (unpaired) electrons. The van der Waals surface area contributed by atoms with Gasteiger partial charge in [-0.25, -0.2) is 0 Å². The molecule has 0 aliphatic carbocycles. The molecular weight excluding hydrogens is 857 g/mol. The summed E-state index contributed by atoms with van der Waals surface area (Å²) in [6.07, 6.45) is 10.9. The van der Waals surface area contributed by atoms with Gasteiger partial charge in [0.2, 0.25) is 0 Å². The fourth-order valence-corrected chi connectivity index (χ4v) is 9.05. The van der Waals surface area contributed by atoms with Gasteiger partial charge in [0.25, 0.3) is 0 Å². The summed E-state index contributed by atoms with van der Waals surface area (Å²) in [7, 11) is 0. The third kappa shape index (κ3) is 13.0. The highest BCUT2D eigenvalue weighted by Crippen LogP contribution is 2.38. The van der Waals surface area contributed by atoms with Crippen LogP contribution >= 0.6 is 0 Å². The summed E-state index contributed by atoms with van der Waals surface area (Å²) in [6, 6.07) is 71.4. The predicted molar refractivity (Wildman–Crippen MR) is 311 cm³/mol. The fourth-order valence-electron chi connectivity index (χ4n) is 9.05. The lowest BCUT2D eigenvalue weighted by atomic mass is 9.79. The van der Waals surface area contributed by atoms with Crippen molar-refractivity contribution in [3.05, 3.63) is 250 Å². The summed E-state index contributed by atoms with van der Waals surface area (Å²) >= 11 is 0. The van der Waals surface area contributed by atoms with Crippen LogP contribution in [0.25, 0.3) is 24.3 Å². The number of nitrogens with zero attached hydrogens (tertiary/aromatic N) is 2. The van der Waals surface area contributed by atoms with Gasteiger partial charge in [0, 0.05) is 34.1 Å². The molecule has 0 N–H and O–H groups in total. The zero-order chi connectivity index (χ0) is 50.3. The molecule has 0 aliphatic rings. The molecule has 8 aromatic carbocycles. The van der Waals surface area contributed by atoms with Crippen molar-refractivity contribution in [1.82, 2.24) is 0 Å². The van der Waals surface area contributed by atoms with E-state index in [-0.39, 0.29) is 16.2 Å². The Morgan fingerprint density at radius 1 is 0.324 bits per heavy atom. The molecule has 360 valence electrons. The molecule has 0 saturated carbocycles. The fraction of sp³-hybridized carbons (Fsp3) is 0.246. The Bertz CT molecular complexity index is 3050. The van der Waals surface area contributed by atoms with E-state index in [2.05, 4.69) is 304 Å². The summed E-state index contributed by atoms with van der Waals surface area (Å²) in [5.41, 5.74) is 20.0. The smallest absolute Gasteiger partial charge is 0.0467 e. The second-order valence-electron chi connectivity index (χ2n) is 22.7. The van der Waals surface area contributed by atoms with Gasteiger partial charge in [-0.2, -0.15) is 0 Å². The largest absolute Gasteiger partial charge is 0.310 e. The number of para-hydroxylation sites is 2. The van der Waals surface area contributed by atoms with Crippen LogP contribution in [0.4, 0.5) is 34.1 Å². The summed E-state index contributed by atoms with van der Waals surface area (Å²) < 4.78 is 0. The Balaban J connectivity index is 1.00. The van der Waals surface area contributed by atoms with Gasteiger partial charge in [0.1, 0.15) is 0 Å². The topological polar surface area (TPSA) is 6.48 Å². The van der Waals surface area contributed by atoms with Crippen molar-refractivity contribution in [2.75, 3.05) is 9.80 Å². The van der Waals surface area contributed by atoms with Crippen molar-refractivity contribution in [2.45, 2.75) is 111 Å². The maximum Gasteiger partial charge on any atom is 0.0467 e. The van der Waals surface area contributed by atoms with E-state index in [9.17, 15) is 0 Å². The lowest BCUT2D eigenvalue weighted by molar-refractivity contribution is 0.568. The minimum absolute atomic E-state index is 0.0658. The first-order valence-electron chi connectivity index (χ1n) is 25.6. The number of benzene rings is 8. The molecule has 0 fully saturated rings. The van der Waals surface area contributed by atoms with E-state index in [1.54, 1.807) is 0 Å². The highest BCUT2D eigenvalue weighted by molar-refractivity contribution is 5.82. The lowest BCUT2D eigenvalue weighted by Gasteiger charge is -2.26. The number of rotatable bonds is 14. The lowest BCUT2D eigenvalue weighted by Crippen LogP contribution is -2.16. The first-order chi connectivity index (χ1) is 33.9. The van der Waals surface area contributed by atoms with E-state index in [0.29, 0.717) is 5.92 Å². The minimum Gasteiger partial charge on any atom is -0.310 e. The van der Waals surface area contributed by atoms with Gasteiger partial charge in [-0.15, -0.1) is 0 Å². The van der Waals surface area contributed by atoms with E-state index in [0.717, 1.165) is 63.7 Å². The van der Waals surface area contributed by atoms with Crippen molar-refractivity contribution < 1.29 is 0 Å². The Labute approximate surface area is 427 Å². The Hall–Kier alpha value is -7.16. The number of anilines is 6. The molecular formula is C69H74N2. The van der Waals surface area contributed by atoms with Crippen molar-refractivity contribution in [3.8, 4) is 0 Å². The summed E-state index contributed by atoms with van der Waals surface area (Å²) in [5, 5.41) is 0. The number of aryl methyl sites for hydroxylation is 2. The molecule has 8 rings (SSSR count). The van der Waals surface area contributed by atoms with Crippen LogP contribution in [0.3, 0.4) is 0 Å². The average molecular weight is 931 g/mol. The minimum atomic E-state index is 0.0658. The number of hydrogen-bond donors (Lipinski definition) is 0. The monoisotopic (exact) mass is 931 g/mol. The van der Waals surface area contributed by atoms with E-state index >= 15 is 0 Å². The maximum atomic E-state index is 2.42. The van der Waals surface area contributed by atoms with Crippen LogP contribution in [0, 0.1) is 0 Å². The molecule has 71 heavy (non-hydrogen) atoms. The Kier molecular flexibility index (Phi) is 15.2. The van der Waals surface area contributed by atoms with Crippen LogP contribution in [0.5, 0.6) is 0 Å². The summed E-state index contributed by atoms with van der Waals surface area (Å²) in [6.45, 7) is 25.3. The van der Waals surface area contributed by atoms with E-state index in [1.165, 1.54) is 38.9 Å². The molecule has 8 aromatic rings. The summed E-state index contributed by atoms with van der Waals surface area (Å²) in [4.78, 5) is 4.70. The Morgan fingerprint density at radius 2 is 0.732 bits per heavy atom. The van der Waals surface area contributed by atoms with Gasteiger partial charge in [0.05, 0.1) is 0 Å². The van der Waals surface area contributed by atoms with Crippen LogP contribution in [0.1, 0.15) is 138 Å². The number of hydrogen-bond acceptors (Lipinski definition) is 2. The predicted octanol–water partition coefficient (Wildman–Crippen LogP) is 19.8. The molecule has 0 aliphatic heterocycles. The van der Waals surface area contributed by atoms with Crippen LogP contribution < -0.4 is 9.80 Å². The van der Waals surface area contributed by atoms with Crippen molar-refractivity contribution in [1.29, 1.82) is 0 Å². The average Bonchev–Trinajstić information content (AvgIpc) is 3.35. The molecule has 0 atom stereocenters. The zero-order valence-electron chi connectivity index (χ0n) is 44.2. The van der Waals surface area contributed by atoms with E-state index < -0.39 is 0 Å². The van der Waals surface area contributed by atoms with Crippen LogP contribution in [0.15, 0.2) is 194 Å². The van der Waals surface area contributed by atoms with Gasteiger partial charge in [-0.05, 0) is 163 Å². The van der Waals surface area contributed by atoms with Crippen molar-refractivity contribution in [3.63, 3.8) is 0 Å². The molecule has 0 amide bonds. The van der Waals surface area contributed by atoms with Gasteiger partial charge in [0.15, 0.2) is 0 Å².